The Morgan fingerprint density at radius 2 is 0.938 bits per heavy atom. The molecule has 0 bridgehead atoms. The Morgan fingerprint density at radius 1 is 0.543 bits per heavy atom. The van der Waals surface area contributed by atoms with Gasteiger partial charge in [0.25, 0.3) is 0 Å². The zero-order valence-electron chi connectivity index (χ0n) is 52.5. The summed E-state index contributed by atoms with van der Waals surface area (Å²) in [7, 11) is 1.43. The van der Waals surface area contributed by atoms with E-state index >= 15 is 0 Å². The summed E-state index contributed by atoms with van der Waals surface area (Å²) in [5.41, 5.74) is 4.89. The zero-order valence-corrected chi connectivity index (χ0v) is 52.5. The number of carbonyl (C=O) groups is 4. The predicted molar refractivity (Wildman–Crippen MR) is 323 cm³/mol. The largest absolute Gasteiger partial charge is 0.466 e. The van der Waals surface area contributed by atoms with Crippen LogP contribution in [0.2, 0.25) is 0 Å². The van der Waals surface area contributed by atoms with Crippen LogP contribution in [0.3, 0.4) is 0 Å². The van der Waals surface area contributed by atoms with Crippen LogP contribution < -0.4 is 0 Å². The maximum absolute atomic E-state index is 12.0. The molecule has 9 aliphatic rings. The first-order valence-corrected chi connectivity index (χ1v) is 32.3. The van der Waals surface area contributed by atoms with Gasteiger partial charge >= 0.3 is 17.9 Å². The molecule has 81 heavy (non-hydrogen) atoms. The Hall–Kier alpha value is -3.34. The van der Waals surface area contributed by atoms with E-state index < -0.39 is 0 Å². The molecular weight excluding hydrogens is 1010 g/mol. The van der Waals surface area contributed by atoms with Gasteiger partial charge in [-0.3, -0.25) is 9.59 Å². The van der Waals surface area contributed by atoms with Crippen LogP contribution in [0.4, 0.5) is 0 Å². The number of aldehydes is 1. The highest BCUT2D eigenvalue weighted by atomic mass is 16.5. The predicted octanol–water partition coefficient (Wildman–Crippen LogP) is 14.6. The van der Waals surface area contributed by atoms with Gasteiger partial charge in [-0.15, -0.1) is 0 Å². The van der Waals surface area contributed by atoms with Gasteiger partial charge in [-0.1, -0.05) is 123 Å². The zero-order chi connectivity index (χ0) is 59.5. The molecule has 0 spiro atoms. The van der Waals surface area contributed by atoms with Crippen LogP contribution in [-0.4, -0.2) is 79.2 Å². The lowest BCUT2D eigenvalue weighted by Crippen LogP contribution is -2.51. The molecule has 21 atom stereocenters. The molecule has 0 amide bonds. The van der Waals surface area contributed by atoms with Gasteiger partial charge in [-0.2, -0.15) is 0 Å². The molecular formula is C71H112O10. The first kappa shape index (κ1) is 65.2. The summed E-state index contributed by atoms with van der Waals surface area (Å²) in [6, 6.07) is 0. The fraction of sp³-hybridized carbons (Fsp3) is 0.803. The number of hydrogen-bond donors (Lipinski definition) is 3. The lowest BCUT2D eigenvalue weighted by molar-refractivity contribution is -0.150. The van der Waals surface area contributed by atoms with Crippen molar-refractivity contribution in [2.75, 3.05) is 33.5 Å². The highest BCUT2D eigenvalue weighted by Crippen LogP contribution is 2.67. The molecule has 9 fully saturated rings. The maximum atomic E-state index is 12.0. The minimum Gasteiger partial charge on any atom is -0.466 e. The Kier molecular flexibility index (Phi) is 21.3. The van der Waals surface area contributed by atoms with Crippen LogP contribution in [0.1, 0.15) is 204 Å². The van der Waals surface area contributed by atoms with Gasteiger partial charge < -0.3 is 34.3 Å². The van der Waals surface area contributed by atoms with Gasteiger partial charge in [-0.05, 0) is 220 Å². The van der Waals surface area contributed by atoms with E-state index in [4.69, 9.17) is 14.2 Å². The van der Waals surface area contributed by atoms with Gasteiger partial charge in [-0.25, -0.2) is 4.79 Å². The third kappa shape index (κ3) is 13.1. The summed E-state index contributed by atoms with van der Waals surface area (Å²) in [6.45, 7) is 36.3. The van der Waals surface area contributed by atoms with Gasteiger partial charge in [0.2, 0.25) is 0 Å². The molecule has 0 heterocycles. The van der Waals surface area contributed by atoms with Crippen LogP contribution in [0.5, 0.6) is 0 Å². The van der Waals surface area contributed by atoms with E-state index in [0.717, 1.165) is 116 Å². The summed E-state index contributed by atoms with van der Waals surface area (Å²) in [5, 5.41) is 29.8. The third-order valence-corrected chi connectivity index (χ3v) is 25.9. The highest BCUT2D eigenvalue weighted by Gasteiger charge is 2.60. The molecule has 6 unspecified atom stereocenters. The minimum absolute atomic E-state index is 0.0321. The van der Waals surface area contributed by atoms with E-state index in [1.807, 2.05) is 6.08 Å². The van der Waals surface area contributed by atoms with Gasteiger partial charge in [0.1, 0.15) is 6.29 Å². The van der Waals surface area contributed by atoms with Crippen LogP contribution >= 0.6 is 0 Å². The van der Waals surface area contributed by atoms with Crippen molar-refractivity contribution in [1.29, 1.82) is 0 Å². The van der Waals surface area contributed by atoms with E-state index in [9.17, 15) is 34.5 Å². The van der Waals surface area contributed by atoms with E-state index in [1.54, 1.807) is 6.08 Å². The van der Waals surface area contributed by atoms with Gasteiger partial charge in [0.05, 0.1) is 33.0 Å². The topological polar surface area (TPSA) is 157 Å². The molecule has 0 aromatic carbocycles. The standard InChI is InChI=1S/C26H40O4.C23H36O3.C22H36O3/c1-17-11-13-26(5,20(15-17)8-10-24(28)29-6)23-12-14-25(4)18(2)7-9-22(25)21(23)16-30-19(3)27;1-15-8-10-23(5,18(12-15)13-24)21-9-11-22(4)16(2)6-7-20(22)19(21)14-26-17(3)25;1-15-6-7-19-18(14-24)20(9-11-21(15,19)2)22(3)10-8-17(25)13-16(22)5-4-12-23/h8,10,17,20-23H,2,7,9,11-16H2,1,3-6H3;13,15,18-21H,2,6-12,14H2,1,3-5H3;4-5,16-20,23-25H,1,6-14H2,2-3H3/b10-8+;;5-4+/t17-,20-,21-,22?,23?,25+,26-;15-,18+,19-,20?,21?,22+,23-;16-,17-,18-,19?,20?,21+,22-/m000/s1. The Balaban J connectivity index is 0.000000176. The van der Waals surface area contributed by atoms with Crippen molar-refractivity contribution in [2.45, 2.75) is 210 Å². The smallest absolute Gasteiger partial charge is 0.330 e. The van der Waals surface area contributed by atoms with E-state index in [-0.39, 0.29) is 81.6 Å². The third-order valence-electron chi connectivity index (χ3n) is 25.9. The number of allylic oxidation sites excluding steroid dienone is 5. The number of rotatable bonds is 13. The second-order valence-electron chi connectivity index (χ2n) is 29.9. The Labute approximate surface area is 490 Å². The lowest BCUT2D eigenvalue weighted by atomic mass is 9.49. The van der Waals surface area contributed by atoms with Crippen molar-refractivity contribution in [3.63, 3.8) is 0 Å². The van der Waals surface area contributed by atoms with Crippen LogP contribution in [-0.2, 0) is 33.4 Å². The molecule has 9 aliphatic carbocycles. The molecule has 10 heteroatoms. The summed E-state index contributed by atoms with van der Waals surface area (Å²) in [6.07, 6.45) is 31.7. The first-order valence-electron chi connectivity index (χ1n) is 32.3. The quantitative estimate of drug-likeness (QED) is 0.0533. The molecule has 0 aromatic rings. The van der Waals surface area contributed by atoms with E-state index in [0.29, 0.717) is 84.2 Å². The number of aliphatic hydroxyl groups is 3. The van der Waals surface area contributed by atoms with Crippen LogP contribution in [0.25, 0.3) is 0 Å². The molecule has 0 aliphatic heterocycles. The average molecular weight is 1130 g/mol. The molecule has 0 radical (unpaired) electrons. The summed E-state index contributed by atoms with van der Waals surface area (Å²) in [4.78, 5) is 47.1. The SMILES string of the molecule is C=C1CCC2[C@H](CO)C([C@@]3(C)CC[C@H](O)C[C@@H]3/C=C/CO)CC[C@]12C.C=C1CCC2[C@H](COC(C)=O)C([C@@]3(C)CC[C@H](C)C[C@@H]3/C=C/C(=O)OC)CC[C@]12C.C=C1CCC2[C@H](COC(C)=O)C([C@@]3(C)CC[C@H](C)C[C@@H]3C=O)CC[C@]12C. The van der Waals surface area contributed by atoms with Gasteiger partial charge in [0.15, 0.2) is 0 Å². The molecule has 0 aromatic heterocycles. The monoisotopic (exact) mass is 1120 g/mol. The van der Waals surface area contributed by atoms with Crippen molar-refractivity contribution >= 4 is 24.2 Å². The van der Waals surface area contributed by atoms with Crippen LogP contribution in [0.15, 0.2) is 60.8 Å². The summed E-state index contributed by atoms with van der Waals surface area (Å²) < 4.78 is 16.1. The van der Waals surface area contributed by atoms with Crippen molar-refractivity contribution in [2.24, 2.45) is 115 Å². The summed E-state index contributed by atoms with van der Waals surface area (Å²) >= 11 is 0. The van der Waals surface area contributed by atoms with E-state index in [1.165, 1.54) is 63.2 Å². The molecule has 10 nitrogen and oxygen atoms in total. The number of hydrogen-bond acceptors (Lipinski definition) is 10. The number of ether oxygens (including phenoxy) is 3. The maximum Gasteiger partial charge on any atom is 0.330 e. The average Bonchev–Trinajstić information content (AvgIpc) is 4.14. The molecule has 3 N–H and O–H groups in total. The van der Waals surface area contributed by atoms with E-state index in [2.05, 4.69) is 87.3 Å². The normalized spacial score (nSPS) is 44.9. The van der Waals surface area contributed by atoms with Gasteiger partial charge in [0, 0.05) is 44.3 Å². The molecule has 9 saturated carbocycles. The number of aliphatic hydroxyl groups excluding tert-OH is 3. The Morgan fingerprint density at radius 3 is 1.35 bits per heavy atom. The molecule has 9 rings (SSSR count). The molecule has 0 saturated heterocycles. The number of esters is 3. The fourth-order valence-corrected chi connectivity index (χ4v) is 20.3. The van der Waals surface area contributed by atoms with Crippen molar-refractivity contribution in [3.05, 3.63) is 60.8 Å². The fourth-order valence-electron chi connectivity index (χ4n) is 20.3. The second-order valence-corrected chi connectivity index (χ2v) is 29.9. The second kappa shape index (κ2) is 26.5. The first-order chi connectivity index (χ1) is 38.2. The van der Waals surface area contributed by atoms with Crippen molar-refractivity contribution in [3.8, 4) is 0 Å². The number of methoxy groups -OCH3 is 1. The minimum atomic E-state index is -0.282. The lowest BCUT2D eigenvalue weighted by Gasteiger charge is -2.56. The highest BCUT2D eigenvalue weighted by molar-refractivity contribution is 5.81. The molecule has 456 valence electrons. The Bertz CT molecular complexity index is 2320. The number of fused-ring (bicyclic) bond motifs is 3. The van der Waals surface area contributed by atoms with Crippen LogP contribution in [0, 0.1) is 115 Å². The van der Waals surface area contributed by atoms with Crippen molar-refractivity contribution < 1.29 is 48.7 Å². The number of carbonyl (C=O) groups excluding carboxylic acids is 4. The van der Waals surface area contributed by atoms with Crippen molar-refractivity contribution in [1.82, 2.24) is 0 Å². The summed E-state index contributed by atoms with van der Waals surface area (Å²) in [5.74, 6) is 5.34.